The summed E-state index contributed by atoms with van der Waals surface area (Å²) in [4.78, 5) is 11.0. The zero-order valence-corrected chi connectivity index (χ0v) is 10.2. The molecule has 1 aromatic heterocycles. The van der Waals surface area contributed by atoms with Crippen molar-refractivity contribution in [1.29, 1.82) is 0 Å². The number of hydrogen-bond donors (Lipinski definition) is 2. The Morgan fingerprint density at radius 3 is 2.72 bits per heavy atom. The maximum absolute atomic E-state index is 11.0. The van der Waals surface area contributed by atoms with Crippen molar-refractivity contribution >= 4 is 5.97 Å². The van der Waals surface area contributed by atoms with Gasteiger partial charge in [-0.1, -0.05) is 6.07 Å². The second-order valence-electron chi connectivity index (χ2n) is 4.00. The van der Waals surface area contributed by atoms with E-state index >= 15 is 0 Å². The molecule has 0 saturated carbocycles. The molecule has 0 amide bonds. The maximum Gasteiger partial charge on any atom is 0.339 e. The lowest BCUT2D eigenvalue weighted by atomic mass is 10.0. The van der Waals surface area contributed by atoms with Crippen molar-refractivity contribution in [3.05, 3.63) is 35.7 Å². The molecule has 2 aromatic rings. The minimum Gasteiger partial charge on any atom is -0.507 e. The lowest BCUT2D eigenvalue weighted by Gasteiger charge is -2.05. The molecule has 0 aliphatic rings. The molecule has 94 valence electrons. The van der Waals surface area contributed by atoms with Crippen LogP contribution in [0.4, 0.5) is 0 Å². The third-order valence-corrected chi connectivity index (χ3v) is 2.94. The van der Waals surface area contributed by atoms with Gasteiger partial charge in [-0.3, -0.25) is 4.68 Å². The van der Waals surface area contributed by atoms with Crippen LogP contribution in [0.2, 0.25) is 0 Å². The summed E-state index contributed by atoms with van der Waals surface area (Å²) in [7, 11) is 0. The van der Waals surface area contributed by atoms with Crippen molar-refractivity contribution in [3.63, 3.8) is 0 Å². The number of aromatic hydroxyl groups is 1. The van der Waals surface area contributed by atoms with Crippen LogP contribution < -0.4 is 0 Å². The Bertz CT molecular complexity index is 602. The first kappa shape index (κ1) is 12.2. The number of aryl methyl sites for hydroxylation is 1. The molecule has 1 aromatic carbocycles. The maximum atomic E-state index is 11.0. The summed E-state index contributed by atoms with van der Waals surface area (Å²) in [5.41, 5.74) is 2.48. The molecule has 0 radical (unpaired) electrons. The molecular weight excluding hydrogens is 232 g/mol. The van der Waals surface area contributed by atoms with Crippen LogP contribution in [0.1, 0.15) is 23.0 Å². The van der Waals surface area contributed by atoms with Crippen molar-refractivity contribution in [2.75, 3.05) is 0 Å². The first-order chi connectivity index (χ1) is 8.54. The smallest absolute Gasteiger partial charge is 0.339 e. The molecule has 18 heavy (non-hydrogen) atoms. The molecule has 0 saturated heterocycles. The summed E-state index contributed by atoms with van der Waals surface area (Å²) < 4.78 is 1.84. The van der Waals surface area contributed by atoms with Crippen LogP contribution in [-0.4, -0.2) is 26.0 Å². The van der Waals surface area contributed by atoms with Crippen LogP contribution in [0.15, 0.2) is 24.4 Å². The Balaban J connectivity index is 2.54. The van der Waals surface area contributed by atoms with Gasteiger partial charge in [0.15, 0.2) is 0 Å². The van der Waals surface area contributed by atoms with Crippen molar-refractivity contribution in [1.82, 2.24) is 9.78 Å². The fourth-order valence-electron chi connectivity index (χ4n) is 1.92. The number of aromatic nitrogens is 2. The summed E-state index contributed by atoms with van der Waals surface area (Å²) in [6.07, 6.45) is 1.71. The third-order valence-electron chi connectivity index (χ3n) is 2.94. The monoisotopic (exact) mass is 246 g/mol. The number of benzene rings is 1. The number of carboxylic acids is 1. The van der Waals surface area contributed by atoms with Crippen molar-refractivity contribution in [3.8, 4) is 16.9 Å². The lowest BCUT2D eigenvalue weighted by Crippen LogP contribution is -1.99. The highest BCUT2D eigenvalue weighted by molar-refractivity contribution is 5.92. The van der Waals surface area contributed by atoms with E-state index in [1.165, 1.54) is 12.1 Å². The van der Waals surface area contributed by atoms with Gasteiger partial charge in [-0.15, -0.1) is 0 Å². The average Bonchev–Trinajstić information content (AvgIpc) is 2.71. The lowest BCUT2D eigenvalue weighted by molar-refractivity contribution is 0.0694. The Kier molecular flexibility index (Phi) is 3.06. The Labute approximate surface area is 104 Å². The van der Waals surface area contributed by atoms with Gasteiger partial charge in [0.2, 0.25) is 0 Å². The molecule has 0 aliphatic carbocycles. The second-order valence-corrected chi connectivity index (χ2v) is 4.00. The first-order valence-corrected chi connectivity index (χ1v) is 5.63. The van der Waals surface area contributed by atoms with E-state index in [1.807, 2.05) is 18.5 Å². The van der Waals surface area contributed by atoms with Crippen LogP contribution in [0.3, 0.4) is 0 Å². The zero-order chi connectivity index (χ0) is 13.3. The fraction of sp³-hybridized carbons (Fsp3) is 0.231. The SMILES string of the molecule is CCn1ncc(-c2ccc(O)c(C(=O)O)c2)c1C. The Hall–Kier alpha value is -2.30. The minimum absolute atomic E-state index is 0.101. The first-order valence-electron chi connectivity index (χ1n) is 5.63. The Morgan fingerprint density at radius 1 is 1.44 bits per heavy atom. The molecule has 1 heterocycles. The molecule has 0 aliphatic heterocycles. The molecule has 5 heteroatoms. The summed E-state index contributed by atoms with van der Waals surface area (Å²) in [5.74, 6) is -1.37. The van der Waals surface area contributed by atoms with E-state index in [0.29, 0.717) is 0 Å². The number of carbonyl (C=O) groups is 1. The highest BCUT2D eigenvalue weighted by Gasteiger charge is 2.13. The number of phenols is 1. The molecule has 2 rings (SSSR count). The minimum atomic E-state index is -1.14. The van der Waals surface area contributed by atoms with Crippen molar-refractivity contribution in [2.45, 2.75) is 20.4 Å². The van der Waals surface area contributed by atoms with E-state index < -0.39 is 5.97 Å². The average molecular weight is 246 g/mol. The molecule has 5 nitrogen and oxygen atoms in total. The number of hydrogen-bond acceptors (Lipinski definition) is 3. The third kappa shape index (κ3) is 1.95. The summed E-state index contributed by atoms with van der Waals surface area (Å²) in [5, 5.41) is 22.7. The van der Waals surface area contributed by atoms with Gasteiger partial charge in [0.25, 0.3) is 0 Å². The van der Waals surface area contributed by atoms with Gasteiger partial charge in [0, 0.05) is 17.8 Å². The van der Waals surface area contributed by atoms with E-state index in [2.05, 4.69) is 5.10 Å². The standard InChI is InChI=1S/C13H14N2O3/c1-3-15-8(2)11(7-14-15)9-4-5-12(16)10(6-9)13(17)18/h4-7,16H,3H2,1-2H3,(H,17,18). The molecule has 0 bridgehead atoms. The van der Waals surface area contributed by atoms with Crippen LogP contribution in [0.25, 0.3) is 11.1 Å². The molecule has 0 fully saturated rings. The molecule has 0 atom stereocenters. The van der Waals surface area contributed by atoms with Crippen LogP contribution in [0, 0.1) is 6.92 Å². The molecule has 2 N–H and O–H groups in total. The highest BCUT2D eigenvalue weighted by Crippen LogP contribution is 2.28. The second kappa shape index (κ2) is 4.52. The summed E-state index contributed by atoms with van der Waals surface area (Å²) >= 11 is 0. The predicted molar refractivity (Wildman–Crippen MR) is 66.7 cm³/mol. The number of aromatic carboxylic acids is 1. The normalized spacial score (nSPS) is 10.6. The predicted octanol–water partition coefficient (Wildman–Crippen LogP) is 2.28. The fourth-order valence-corrected chi connectivity index (χ4v) is 1.92. The Morgan fingerprint density at radius 2 is 2.17 bits per heavy atom. The largest absolute Gasteiger partial charge is 0.507 e. The van der Waals surface area contributed by atoms with Crippen LogP contribution >= 0.6 is 0 Å². The van der Waals surface area contributed by atoms with E-state index in [0.717, 1.165) is 23.4 Å². The zero-order valence-electron chi connectivity index (χ0n) is 10.2. The van der Waals surface area contributed by atoms with Gasteiger partial charge in [-0.25, -0.2) is 4.79 Å². The van der Waals surface area contributed by atoms with Gasteiger partial charge >= 0.3 is 5.97 Å². The van der Waals surface area contributed by atoms with Crippen LogP contribution in [0.5, 0.6) is 5.75 Å². The van der Waals surface area contributed by atoms with Gasteiger partial charge in [0.1, 0.15) is 11.3 Å². The molecular formula is C13H14N2O3. The number of carboxylic acid groups (broad SMARTS) is 1. The van der Waals surface area contributed by atoms with Crippen molar-refractivity contribution in [2.24, 2.45) is 0 Å². The van der Waals surface area contributed by atoms with Crippen molar-refractivity contribution < 1.29 is 15.0 Å². The van der Waals surface area contributed by atoms with E-state index in [-0.39, 0.29) is 11.3 Å². The quantitative estimate of drug-likeness (QED) is 0.871. The van der Waals surface area contributed by atoms with E-state index in [1.54, 1.807) is 12.3 Å². The molecule has 0 spiro atoms. The number of nitrogens with zero attached hydrogens (tertiary/aromatic N) is 2. The summed E-state index contributed by atoms with van der Waals surface area (Å²) in [6, 6.07) is 4.54. The van der Waals surface area contributed by atoms with E-state index in [4.69, 9.17) is 5.11 Å². The topological polar surface area (TPSA) is 75.3 Å². The number of rotatable bonds is 3. The summed E-state index contributed by atoms with van der Waals surface area (Å²) in [6.45, 7) is 4.68. The molecule has 0 unspecified atom stereocenters. The van der Waals surface area contributed by atoms with E-state index in [9.17, 15) is 9.90 Å². The van der Waals surface area contributed by atoms with Gasteiger partial charge < -0.3 is 10.2 Å². The van der Waals surface area contributed by atoms with Gasteiger partial charge in [-0.2, -0.15) is 5.10 Å². The van der Waals surface area contributed by atoms with Gasteiger partial charge in [-0.05, 0) is 31.5 Å². The van der Waals surface area contributed by atoms with Gasteiger partial charge in [0.05, 0.1) is 6.20 Å². The highest BCUT2D eigenvalue weighted by atomic mass is 16.4. The van der Waals surface area contributed by atoms with Crippen LogP contribution in [-0.2, 0) is 6.54 Å².